The van der Waals surface area contributed by atoms with Crippen LogP contribution in [0.25, 0.3) is 0 Å². The van der Waals surface area contributed by atoms with E-state index in [9.17, 15) is 4.79 Å². The van der Waals surface area contributed by atoms with E-state index in [1.165, 1.54) is 0 Å². The zero-order valence-electron chi connectivity index (χ0n) is 10.2. The van der Waals surface area contributed by atoms with E-state index in [1.807, 2.05) is 19.9 Å². The number of nitrogens with zero attached hydrogens (tertiary/aromatic N) is 1. The molecule has 1 aliphatic rings. The fourth-order valence-electron chi connectivity index (χ4n) is 1.58. The zero-order chi connectivity index (χ0) is 13.2. The molecule has 0 saturated carbocycles. The van der Waals surface area contributed by atoms with Gasteiger partial charge in [-0.1, -0.05) is 18.2 Å². The van der Waals surface area contributed by atoms with E-state index in [0.717, 1.165) is 0 Å². The summed E-state index contributed by atoms with van der Waals surface area (Å²) < 4.78 is 0. The molecule has 1 aromatic carbocycles. The molecule has 18 heavy (non-hydrogen) atoms. The molecule has 94 valence electrons. The molecule has 0 unspecified atom stereocenters. The molecule has 0 aromatic heterocycles. The van der Waals surface area contributed by atoms with Crippen LogP contribution in [0.3, 0.4) is 0 Å². The van der Waals surface area contributed by atoms with Gasteiger partial charge in [0.15, 0.2) is 5.11 Å². The fraction of sp³-hybridized carbons (Fsp3) is 0.250. The molecule has 0 bridgehead atoms. The molecule has 0 atom stereocenters. The summed E-state index contributed by atoms with van der Waals surface area (Å²) in [6, 6.07) is 8.94. The summed E-state index contributed by atoms with van der Waals surface area (Å²) in [4.78, 5) is 16.2. The van der Waals surface area contributed by atoms with Crippen molar-refractivity contribution >= 4 is 29.2 Å². The molecule has 0 fully saturated rings. The van der Waals surface area contributed by atoms with Crippen LogP contribution in [0.1, 0.15) is 24.2 Å². The highest BCUT2D eigenvalue weighted by Gasteiger charge is 2.24. The Balaban J connectivity index is 2.13. The number of aliphatic imine (C=N–C) groups is 1. The van der Waals surface area contributed by atoms with Gasteiger partial charge in [0, 0.05) is 5.56 Å². The Kier molecular flexibility index (Phi) is 3.29. The first-order valence-corrected chi connectivity index (χ1v) is 5.92. The molecule has 3 N–H and O–H groups in total. The minimum atomic E-state index is -0.526. The summed E-state index contributed by atoms with van der Waals surface area (Å²) in [5, 5.41) is 8.93. The normalized spacial score (nSPS) is 17.2. The minimum absolute atomic E-state index is 0.220. The number of amides is 1. The van der Waals surface area contributed by atoms with Crippen LogP contribution in [-0.4, -0.2) is 22.6 Å². The number of carbonyl (C=O) groups excluding carboxylic acids is 1. The highest BCUT2D eigenvalue weighted by molar-refractivity contribution is 7.80. The fourth-order valence-corrected chi connectivity index (χ4v) is 1.93. The number of carbonyl (C=O) groups is 1. The Hall–Kier alpha value is -1.95. The maximum Gasteiger partial charge on any atom is 0.257 e. The monoisotopic (exact) mass is 262 g/mol. The van der Waals surface area contributed by atoms with Crippen LogP contribution in [0.2, 0.25) is 0 Å². The number of benzene rings is 1. The number of rotatable bonds is 1. The molecule has 1 heterocycles. The zero-order valence-corrected chi connectivity index (χ0v) is 11.0. The third-order valence-corrected chi connectivity index (χ3v) is 2.51. The molecule has 2 rings (SSSR count). The maximum absolute atomic E-state index is 11.9. The molecule has 0 spiro atoms. The van der Waals surface area contributed by atoms with E-state index in [2.05, 4.69) is 20.9 Å². The molecule has 0 saturated heterocycles. The quantitative estimate of drug-likeness (QED) is 0.660. The summed E-state index contributed by atoms with van der Waals surface area (Å²) in [6.45, 7) is 3.74. The molecular formula is C12H14N4OS. The van der Waals surface area contributed by atoms with Gasteiger partial charge in [-0.05, 0) is 38.2 Å². The van der Waals surface area contributed by atoms with Gasteiger partial charge in [0.25, 0.3) is 5.91 Å². The van der Waals surface area contributed by atoms with Crippen LogP contribution in [0.5, 0.6) is 0 Å². The lowest BCUT2D eigenvalue weighted by Gasteiger charge is -2.30. The van der Waals surface area contributed by atoms with Crippen LogP contribution in [0, 0.1) is 0 Å². The SMILES string of the molecule is CC1(C)N=C(NC(=O)c2ccccc2)NC(=S)N1. The highest BCUT2D eigenvalue weighted by Crippen LogP contribution is 2.07. The van der Waals surface area contributed by atoms with Crippen molar-refractivity contribution in [2.24, 2.45) is 4.99 Å². The second-order valence-corrected chi connectivity index (χ2v) is 4.83. The Morgan fingerprint density at radius 2 is 2.00 bits per heavy atom. The topological polar surface area (TPSA) is 65.5 Å². The minimum Gasteiger partial charge on any atom is -0.338 e. The average molecular weight is 262 g/mol. The van der Waals surface area contributed by atoms with E-state index < -0.39 is 5.66 Å². The van der Waals surface area contributed by atoms with E-state index in [4.69, 9.17) is 12.2 Å². The van der Waals surface area contributed by atoms with Crippen molar-refractivity contribution in [3.63, 3.8) is 0 Å². The lowest BCUT2D eigenvalue weighted by atomic mass is 10.2. The first-order valence-electron chi connectivity index (χ1n) is 5.52. The molecule has 1 aromatic rings. The third-order valence-electron chi connectivity index (χ3n) is 2.31. The van der Waals surface area contributed by atoms with Crippen LogP contribution < -0.4 is 16.0 Å². The van der Waals surface area contributed by atoms with Gasteiger partial charge in [0.2, 0.25) is 5.96 Å². The number of nitrogens with one attached hydrogen (secondary N) is 3. The average Bonchev–Trinajstić information content (AvgIpc) is 2.27. The van der Waals surface area contributed by atoms with Gasteiger partial charge in [-0.2, -0.15) is 0 Å². The Labute approximate surface area is 111 Å². The first kappa shape index (κ1) is 12.5. The van der Waals surface area contributed by atoms with Crippen molar-refractivity contribution in [2.45, 2.75) is 19.5 Å². The van der Waals surface area contributed by atoms with Gasteiger partial charge in [-0.25, -0.2) is 4.99 Å². The summed E-state index contributed by atoms with van der Waals surface area (Å²) in [5.74, 6) is 0.139. The van der Waals surface area contributed by atoms with E-state index >= 15 is 0 Å². The standard InChI is InChI=1S/C12H14N4OS/c1-12(2)15-10(14-11(18)16-12)13-9(17)8-6-4-3-5-7-8/h3-7H,1-2H3,(H3,13,14,15,16,17,18). The molecule has 1 aliphatic heterocycles. The summed E-state index contributed by atoms with van der Waals surface area (Å²) in [5.41, 5.74) is 0.0472. The van der Waals surface area contributed by atoms with Crippen molar-refractivity contribution in [3.8, 4) is 0 Å². The predicted molar refractivity (Wildman–Crippen MR) is 74.3 cm³/mol. The van der Waals surface area contributed by atoms with E-state index in [-0.39, 0.29) is 5.91 Å². The van der Waals surface area contributed by atoms with E-state index in [1.54, 1.807) is 24.3 Å². The van der Waals surface area contributed by atoms with E-state index in [0.29, 0.717) is 16.6 Å². The van der Waals surface area contributed by atoms with Gasteiger partial charge in [0.05, 0.1) is 0 Å². The Bertz CT molecular complexity index is 510. The highest BCUT2D eigenvalue weighted by atomic mass is 32.1. The number of hydrogen-bond donors (Lipinski definition) is 3. The van der Waals surface area contributed by atoms with Crippen molar-refractivity contribution in [2.75, 3.05) is 0 Å². The smallest absolute Gasteiger partial charge is 0.257 e. The predicted octanol–water partition coefficient (Wildman–Crippen LogP) is 0.986. The lowest BCUT2D eigenvalue weighted by Crippen LogP contribution is -2.58. The second-order valence-electron chi connectivity index (χ2n) is 4.42. The van der Waals surface area contributed by atoms with Crippen molar-refractivity contribution in [1.82, 2.24) is 16.0 Å². The van der Waals surface area contributed by atoms with Gasteiger partial charge in [-0.15, -0.1) is 0 Å². The summed E-state index contributed by atoms with van der Waals surface area (Å²) in [7, 11) is 0. The van der Waals surface area contributed by atoms with Crippen LogP contribution >= 0.6 is 12.2 Å². The van der Waals surface area contributed by atoms with Crippen molar-refractivity contribution < 1.29 is 4.79 Å². The Morgan fingerprint density at radius 1 is 1.33 bits per heavy atom. The largest absolute Gasteiger partial charge is 0.338 e. The van der Waals surface area contributed by atoms with Crippen molar-refractivity contribution in [1.29, 1.82) is 0 Å². The molecule has 5 nitrogen and oxygen atoms in total. The second kappa shape index (κ2) is 4.73. The first-order chi connectivity index (χ1) is 8.46. The molecular weight excluding hydrogens is 248 g/mol. The number of thiocarbonyl (C=S) groups is 1. The molecule has 1 amide bonds. The van der Waals surface area contributed by atoms with Crippen LogP contribution in [0.4, 0.5) is 0 Å². The van der Waals surface area contributed by atoms with Gasteiger partial charge in [0.1, 0.15) is 5.66 Å². The molecule has 0 radical (unpaired) electrons. The number of guanidine groups is 1. The van der Waals surface area contributed by atoms with Gasteiger partial charge < -0.3 is 10.6 Å². The van der Waals surface area contributed by atoms with Crippen LogP contribution in [0.15, 0.2) is 35.3 Å². The lowest BCUT2D eigenvalue weighted by molar-refractivity contribution is 0.0976. The maximum atomic E-state index is 11.9. The summed E-state index contributed by atoms with van der Waals surface area (Å²) in [6.07, 6.45) is 0. The van der Waals surface area contributed by atoms with Crippen molar-refractivity contribution in [3.05, 3.63) is 35.9 Å². The molecule has 0 aliphatic carbocycles. The van der Waals surface area contributed by atoms with Gasteiger partial charge in [-0.3, -0.25) is 10.1 Å². The Morgan fingerprint density at radius 3 is 2.61 bits per heavy atom. The van der Waals surface area contributed by atoms with Crippen LogP contribution in [-0.2, 0) is 0 Å². The summed E-state index contributed by atoms with van der Waals surface area (Å²) >= 11 is 5.05. The van der Waals surface area contributed by atoms with Gasteiger partial charge >= 0.3 is 0 Å². The molecule has 6 heteroatoms. The number of hydrogen-bond acceptors (Lipinski definition) is 3. The third kappa shape index (κ3) is 3.04.